The molecule has 1 aromatic heterocycles. The Morgan fingerprint density at radius 1 is 0.942 bits per heavy atom. The number of benzene rings is 3. The first-order valence-electron chi connectivity index (χ1n) is 26.0. The van der Waals surface area contributed by atoms with Gasteiger partial charge in [-0.1, -0.05) is 37.5 Å². The summed E-state index contributed by atoms with van der Waals surface area (Å²) in [4.78, 5) is 32.6. The predicted octanol–water partition coefficient (Wildman–Crippen LogP) is 12.0. The predicted molar refractivity (Wildman–Crippen MR) is 282 cm³/mol. The molecule has 11 nitrogen and oxygen atoms in total. The number of nitrogens with zero attached hydrogens (tertiary/aromatic N) is 6. The minimum absolute atomic E-state index is 0.0257. The van der Waals surface area contributed by atoms with Crippen LogP contribution in [0.5, 0.6) is 5.75 Å². The van der Waals surface area contributed by atoms with E-state index in [2.05, 4.69) is 103 Å². The number of fused-ring (bicyclic) bond motifs is 10. The zero-order valence-corrected chi connectivity index (χ0v) is 44.0. The Kier molecular flexibility index (Phi) is 15.5. The monoisotopic (exact) mass is 974 g/mol. The molecule has 6 heterocycles. The summed E-state index contributed by atoms with van der Waals surface area (Å²) in [7, 11) is 2.27. The molecule has 2 amide bonds. The van der Waals surface area contributed by atoms with Gasteiger partial charge in [-0.3, -0.25) is 9.59 Å². The van der Waals surface area contributed by atoms with E-state index in [9.17, 15) is 9.59 Å². The van der Waals surface area contributed by atoms with Gasteiger partial charge in [0, 0.05) is 114 Å². The van der Waals surface area contributed by atoms with Gasteiger partial charge in [0.15, 0.2) is 12.3 Å². The number of anilines is 1. The van der Waals surface area contributed by atoms with E-state index in [1.54, 1.807) is 11.9 Å². The Bertz CT molecular complexity index is 2660. The first-order valence-corrected chi connectivity index (χ1v) is 27.9. The van der Waals surface area contributed by atoms with Crippen LogP contribution in [0.1, 0.15) is 140 Å². The van der Waals surface area contributed by atoms with Gasteiger partial charge in [-0.05, 0) is 116 Å². The highest BCUT2D eigenvalue weighted by atomic mass is 32.1. The van der Waals surface area contributed by atoms with Gasteiger partial charge in [-0.25, -0.2) is 4.67 Å². The second kappa shape index (κ2) is 21.5. The number of unbranched alkanes of at least 4 members (excludes halogenated alkanes) is 4. The Labute approximate surface area is 416 Å². The molecule has 0 aliphatic carbocycles. The van der Waals surface area contributed by atoms with Gasteiger partial charge in [-0.15, -0.1) is 11.3 Å². The number of hydrogen-bond acceptors (Lipinski definition) is 9. The largest absolute Gasteiger partial charge is 0.484 e. The third-order valence-electron chi connectivity index (χ3n) is 15.3. The fraction of sp³-hybridized carbons (Fsp3) is 0.571. The van der Waals surface area contributed by atoms with Crippen molar-refractivity contribution < 1.29 is 27.9 Å². The summed E-state index contributed by atoms with van der Waals surface area (Å²) >= 11 is 1.91. The van der Waals surface area contributed by atoms with Crippen LogP contribution in [0.3, 0.4) is 0 Å². The van der Waals surface area contributed by atoms with Crippen molar-refractivity contribution in [3.63, 3.8) is 0 Å². The standard InChI is InChI=1S/C56H74N6O5PS/c1-38(2)62(39(3)4)68(65-34-18-29-57)66-37-59(7)50(64)24-11-9-15-30-58(6)49(63)23-10-8-14-28-56(5)52-45(25-26-48-51(52)42-20-12-13-22-47(42)69-48)61-33-27-46-44(55(56)61)36-41-35-40-19-16-31-60-32-17-21-43(53(40)60)54(41)67-46/h12-13,20,22,25-26,35-36,38-39,46H,8-11,14-19,21,23-24,27-28,30-34,37H2,1-7H3/q+1. The molecule has 0 saturated carbocycles. The molecule has 3 unspecified atom stereocenters. The number of nitriles is 1. The van der Waals surface area contributed by atoms with Gasteiger partial charge in [0.2, 0.25) is 17.5 Å². The summed E-state index contributed by atoms with van der Waals surface area (Å²) in [6, 6.07) is 18.7. The first kappa shape index (κ1) is 49.6. The highest BCUT2D eigenvalue weighted by Gasteiger charge is 2.55. The lowest BCUT2D eigenvalue weighted by atomic mass is 9.70. The quantitative estimate of drug-likeness (QED) is 0.0352. The second-order valence-corrected chi connectivity index (χ2v) is 23.4. The summed E-state index contributed by atoms with van der Waals surface area (Å²) in [5.74, 6) is 1.37. The Balaban J connectivity index is 0.810. The highest BCUT2D eigenvalue weighted by Crippen LogP contribution is 2.55. The van der Waals surface area contributed by atoms with Crippen molar-refractivity contribution in [2.75, 3.05) is 58.5 Å². The zero-order valence-electron chi connectivity index (χ0n) is 42.3. The van der Waals surface area contributed by atoms with Crippen LogP contribution in [0, 0.1) is 11.3 Å². The van der Waals surface area contributed by atoms with Gasteiger partial charge in [0.25, 0.3) is 8.53 Å². The molecule has 3 aromatic carbocycles. The number of carbonyl (C=O) groups is 2. The number of rotatable bonds is 21. The third-order valence-corrected chi connectivity index (χ3v) is 18.5. The molecule has 0 saturated heterocycles. The lowest BCUT2D eigenvalue weighted by Gasteiger charge is -2.40. The van der Waals surface area contributed by atoms with E-state index in [1.807, 2.05) is 23.3 Å². The number of hydrogen-bond donors (Lipinski definition) is 0. The average Bonchev–Trinajstić information content (AvgIpc) is 3.84. The summed E-state index contributed by atoms with van der Waals surface area (Å²) in [6.07, 6.45) is 15.8. The smallest absolute Gasteiger partial charge is 0.261 e. The van der Waals surface area contributed by atoms with E-state index in [4.69, 9.17) is 19.0 Å². The van der Waals surface area contributed by atoms with Crippen LogP contribution in [0.2, 0.25) is 0 Å². The topological polar surface area (TPSA) is 102 Å². The molecule has 13 heteroatoms. The maximum absolute atomic E-state index is 13.4. The number of carbonyl (C=O) groups excluding carboxylic acids is 2. The molecular weight excluding hydrogens is 900 g/mol. The maximum Gasteiger partial charge on any atom is 0.261 e. The molecule has 0 bridgehead atoms. The Hall–Kier alpha value is -4.37. The van der Waals surface area contributed by atoms with Crippen molar-refractivity contribution >= 4 is 75.0 Å². The lowest BCUT2D eigenvalue weighted by Crippen LogP contribution is -2.44. The molecule has 368 valence electrons. The Morgan fingerprint density at radius 3 is 2.45 bits per heavy atom. The lowest BCUT2D eigenvalue weighted by molar-refractivity contribution is -0.444. The first-order chi connectivity index (χ1) is 33.4. The van der Waals surface area contributed by atoms with Crippen LogP contribution in [-0.4, -0.2) is 108 Å². The molecule has 69 heavy (non-hydrogen) atoms. The fourth-order valence-corrected chi connectivity index (χ4v) is 14.8. The Morgan fingerprint density at radius 2 is 1.68 bits per heavy atom. The normalized spacial score (nSPS) is 19.5. The maximum atomic E-state index is 13.4. The van der Waals surface area contributed by atoms with E-state index in [-0.39, 0.29) is 42.1 Å². The molecule has 5 aliphatic rings. The number of thiophene rings is 1. The van der Waals surface area contributed by atoms with Gasteiger partial charge in [0.05, 0.1) is 30.1 Å². The van der Waals surface area contributed by atoms with Crippen molar-refractivity contribution in [3.8, 4) is 11.8 Å². The molecule has 0 N–H and O–H groups in total. The molecule has 0 radical (unpaired) electrons. The van der Waals surface area contributed by atoms with Gasteiger partial charge < -0.3 is 28.5 Å². The molecule has 5 aliphatic heterocycles. The minimum Gasteiger partial charge on any atom is -0.484 e. The van der Waals surface area contributed by atoms with E-state index in [0.29, 0.717) is 32.4 Å². The van der Waals surface area contributed by atoms with Crippen LogP contribution in [-0.2, 0) is 36.9 Å². The third kappa shape index (κ3) is 9.98. The fourth-order valence-electron chi connectivity index (χ4n) is 12.1. The summed E-state index contributed by atoms with van der Waals surface area (Å²) in [6.45, 7) is 15.3. The van der Waals surface area contributed by atoms with Crippen molar-refractivity contribution in [2.24, 2.45) is 0 Å². The molecular formula is C56H74N6O5PS+. The second-order valence-electron chi connectivity index (χ2n) is 20.8. The average molecular weight is 974 g/mol. The molecule has 0 spiro atoms. The van der Waals surface area contributed by atoms with Crippen LogP contribution in [0.25, 0.3) is 26.2 Å². The summed E-state index contributed by atoms with van der Waals surface area (Å²) < 4.78 is 26.9. The molecule has 3 atom stereocenters. The van der Waals surface area contributed by atoms with E-state index in [1.165, 1.54) is 77.9 Å². The van der Waals surface area contributed by atoms with Crippen molar-refractivity contribution in [3.05, 3.63) is 70.3 Å². The molecule has 4 aromatic rings. The zero-order chi connectivity index (χ0) is 48.4. The van der Waals surface area contributed by atoms with Crippen molar-refractivity contribution in [1.29, 1.82) is 5.26 Å². The van der Waals surface area contributed by atoms with E-state index < -0.39 is 8.53 Å². The number of amides is 2. The number of ether oxygens (including phenoxy) is 1. The van der Waals surface area contributed by atoms with Gasteiger partial charge >= 0.3 is 0 Å². The highest BCUT2D eigenvalue weighted by molar-refractivity contribution is 7.44. The van der Waals surface area contributed by atoms with Gasteiger partial charge in [-0.2, -0.15) is 9.84 Å². The number of aryl methyl sites for hydroxylation is 1. The molecule has 0 fully saturated rings. The van der Waals surface area contributed by atoms with Crippen LogP contribution < -0.4 is 9.64 Å². The van der Waals surface area contributed by atoms with Crippen molar-refractivity contribution in [2.45, 2.75) is 155 Å². The summed E-state index contributed by atoms with van der Waals surface area (Å²) in [5, 5.41) is 11.8. The van der Waals surface area contributed by atoms with Gasteiger partial charge in [0.1, 0.15) is 18.6 Å². The van der Waals surface area contributed by atoms with Crippen molar-refractivity contribution in [1.82, 2.24) is 14.5 Å². The van der Waals surface area contributed by atoms with Crippen LogP contribution in [0.4, 0.5) is 11.4 Å². The minimum atomic E-state index is -1.41. The van der Waals surface area contributed by atoms with Crippen LogP contribution >= 0.6 is 19.9 Å². The summed E-state index contributed by atoms with van der Waals surface area (Å²) in [5.41, 5.74) is 11.1. The SMILES string of the molecule is CC(C)N(C(C)C)P(OCCC#N)OCN(C)C(=O)CCCCCN(C)C(=O)CCCCCC1(C)C2=[N+](CCC3Oc4c(cc5c6c4CCCN6CCC5)C=C23)c2ccc3sc4ccccc4c3c21. The van der Waals surface area contributed by atoms with E-state index in [0.717, 1.165) is 89.6 Å². The molecule has 9 rings (SSSR count). The van der Waals surface area contributed by atoms with E-state index >= 15 is 0 Å². The van der Waals surface area contributed by atoms with Crippen LogP contribution in [0.15, 0.2) is 48.0 Å².